The van der Waals surface area contributed by atoms with E-state index in [0.717, 1.165) is 18.0 Å². The lowest BCUT2D eigenvalue weighted by atomic mass is 10.0. The first-order valence-corrected chi connectivity index (χ1v) is 10.4. The minimum Gasteiger partial charge on any atom is -0.482 e. The van der Waals surface area contributed by atoms with E-state index >= 15 is 0 Å². The van der Waals surface area contributed by atoms with Crippen LogP contribution in [0.5, 0.6) is 5.75 Å². The molecule has 2 atom stereocenters. The van der Waals surface area contributed by atoms with Gasteiger partial charge in [-0.1, -0.05) is 0 Å². The molecule has 11 heteroatoms. The standard InChI is InChI=1S/C21H27N5O6/c1-25(8-6-22)9-7-23-11-14(12-27)32-13-2-3-15-16(10-13)21(31)26(20(15)30)17-4-5-18(28)24-19(17)29/h2-3,10,12,14,17,23H,4-9,11,22H2,1H3,(H,24,28,29). The number of benzene rings is 1. The van der Waals surface area contributed by atoms with E-state index in [1.807, 2.05) is 7.05 Å². The predicted octanol–water partition coefficient (Wildman–Crippen LogP) is -1.49. The van der Waals surface area contributed by atoms with Gasteiger partial charge in [-0.05, 0) is 31.7 Å². The van der Waals surface area contributed by atoms with E-state index in [1.54, 1.807) is 0 Å². The maximum Gasteiger partial charge on any atom is 0.262 e. The van der Waals surface area contributed by atoms with Crippen LogP contribution in [0.4, 0.5) is 0 Å². The first kappa shape index (κ1) is 23.5. The normalized spacial score (nSPS) is 19.2. The highest BCUT2D eigenvalue weighted by molar-refractivity contribution is 6.23. The molecular weight excluding hydrogens is 418 g/mol. The summed E-state index contributed by atoms with van der Waals surface area (Å²) in [5, 5.41) is 5.29. The molecule has 4 N–H and O–H groups in total. The predicted molar refractivity (Wildman–Crippen MR) is 113 cm³/mol. The lowest BCUT2D eigenvalue weighted by Gasteiger charge is -2.27. The van der Waals surface area contributed by atoms with E-state index in [4.69, 9.17) is 10.5 Å². The molecule has 0 spiro atoms. The van der Waals surface area contributed by atoms with E-state index in [0.29, 0.717) is 19.4 Å². The summed E-state index contributed by atoms with van der Waals surface area (Å²) in [6, 6.07) is 3.30. The van der Waals surface area contributed by atoms with Gasteiger partial charge in [-0.25, -0.2) is 0 Å². The van der Waals surface area contributed by atoms with Gasteiger partial charge in [-0.2, -0.15) is 0 Å². The highest BCUT2D eigenvalue weighted by Crippen LogP contribution is 2.30. The smallest absolute Gasteiger partial charge is 0.262 e. The van der Waals surface area contributed by atoms with Gasteiger partial charge in [0.05, 0.1) is 11.1 Å². The zero-order valence-corrected chi connectivity index (χ0v) is 17.8. The number of carbonyl (C=O) groups is 5. The van der Waals surface area contributed by atoms with Gasteiger partial charge < -0.3 is 20.7 Å². The summed E-state index contributed by atoms with van der Waals surface area (Å²) in [7, 11) is 1.95. The molecule has 172 valence electrons. The fraction of sp³-hybridized carbons (Fsp3) is 0.476. The Morgan fingerprint density at radius 1 is 1.25 bits per heavy atom. The molecule has 0 bridgehead atoms. The van der Waals surface area contributed by atoms with Gasteiger partial charge in [0, 0.05) is 39.1 Å². The van der Waals surface area contributed by atoms with Crippen LogP contribution in [0.1, 0.15) is 33.6 Å². The molecule has 11 nitrogen and oxygen atoms in total. The number of fused-ring (bicyclic) bond motifs is 1. The van der Waals surface area contributed by atoms with Crippen molar-refractivity contribution >= 4 is 29.9 Å². The Labute approximate surface area is 185 Å². The number of rotatable bonds is 11. The first-order chi connectivity index (χ1) is 15.3. The summed E-state index contributed by atoms with van der Waals surface area (Å²) in [6.45, 7) is 3.01. The summed E-state index contributed by atoms with van der Waals surface area (Å²) in [6.07, 6.45) is 0.00537. The molecule has 0 aromatic heterocycles. The van der Waals surface area contributed by atoms with E-state index in [-0.39, 0.29) is 36.3 Å². The Hall–Kier alpha value is -3.15. The number of hydrogen-bond acceptors (Lipinski definition) is 9. The second-order valence-corrected chi connectivity index (χ2v) is 7.74. The van der Waals surface area contributed by atoms with Crippen molar-refractivity contribution in [2.75, 3.05) is 39.8 Å². The molecule has 0 radical (unpaired) electrons. The molecule has 1 fully saturated rings. The molecule has 1 aromatic carbocycles. The number of nitrogens with zero attached hydrogens (tertiary/aromatic N) is 2. The third-order valence-electron chi connectivity index (χ3n) is 5.38. The van der Waals surface area contributed by atoms with Crippen LogP contribution < -0.4 is 21.1 Å². The van der Waals surface area contributed by atoms with E-state index < -0.39 is 35.8 Å². The molecule has 1 saturated heterocycles. The number of hydrogen-bond donors (Lipinski definition) is 3. The average Bonchev–Trinajstić information content (AvgIpc) is 3.00. The van der Waals surface area contributed by atoms with Gasteiger partial charge in [0.25, 0.3) is 11.8 Å². The maximum atomic E-state index is 12.9. The first-order valence-electron chi connectivity index (χ1n) is 10.4. The third kappa shape index (κ3) is 5.18. The molecule has 2 aliphatic rings. The van der Waals surface area contributed by atoms with Gasteiger partial charge in [0.1, 0.15) is 11.8 Å². The topological polar surface area (TPSA) is 151 Å². The highest BCUT2D eigenvalue weighted by atomic mass is 16.5. The monoisotopic (exact) mass is 445 g/mol. The average molecular weight is 445 g/mol. The van der Waals surface area contributed by atoms with Crippen molar-refractivity contribution in [3.8, 4) is 5.75 Å². The van der Waals surface area contributed by atoms with Crippen LogP contribution in [0.2, 0.25) is 0 Å². The molecular formula is C21H27N5O6. The molecule has 4 amide bonds. The number of nitrogens with one attached hydrogen (secondary N) is 2. The molecule has 2 unspecified atom stereocenters. The minimum atomic E-state index is -1.03. The Morgan fingerprint density at radius 2 is 2.00 bits per heavy atom. The highest BCUT2D eigenvalue weighted by Gasteiger charge is 2.44. The summed E-state index contributed by atoms with van der Waals surface area (Å²) < 4.78 is 5.67. The van der Waals surface area contributed by atoms with Crippen molar-refractivity contribution < 1.29 is 28.7 Å². The second kappa shape index (κ2) is 10.4. The summed E-state index contributed by atoms with van der Waals surface area (Å²) in [5.74, 6) is -2.07. The Morgan fingerprint density at radius 3 is 2.69 bits per heavy atom. The lowest BCUT2D eigenvalue weighted by molar-refractivity contribution is -0.136. The molecule has 32 heavy (non-hydrogen) atoms. The molecule has 2 aliphatic heterocycles. The van der Waals surface area contributed by atoms with Crippen molar-refractivity contribution in [3.05, 3.63) is 29.3 Å². The number of amides is 4. The van der Waals surface area contributed by atoms with Crippen molar-refractivity contribution in [2.24, 2.45) is 5.73 Å². The fourth-order valence-electron chi connectivity index (χ4n) is 3.66. The van der Waals surface area contributed by atoms with Crippen LogP contribution in [0.15, 0.2) is 18.2 Å². The third-order valence-corrected chi connectivity index (χ3v) is 5.38. The van der Waals surface area contributed by atoms with Gasteiger partial charge in [0.15, 0.2) is 12.4 Å². The number of aldehydes is 1. The Bertz CT molecular complexity index is 920. The molecule has 0 aliphatic carbocycles. The number of nitrogens with two attached hydrogens (primary N) is 1. The van der Waals surface area contributed by atoms with Crippen molar-refractivity contribution in [1.29, 1.82) is 0 Å². The van der Waals surface area contributed by atoms with Crippen LogP contribution in [-0.4, -0.2) is 91.6 Å². The van der Waals surface area contributed by atoms with Gasteiger partial charge >= 0.3 is 0 Å². The maximum absolute atomic E-state index is 12.9. The Kier molecular flexibility index (Phi) is 7.67. The SMILES string of the molecule is CN(CCN)CCNCC(C=O)Oc1ccc2c(c1)C(=O)N(C1CCC(=O)NC1=O)C2=O. The van der Waals surface area contributed by atoms with Gasteiger partial charge in [-0.15, -0.1) is 0 Å². The van der Waals surface area contributed by atoms with Crippen molar-refractivity contribution in [1.82, 2.24) is 20.4 Å². The van der Waals surface area contributed by atoms with E-state index in [1.165, 1.54) is 18.2 Å². The van der Waals surface area contributed by atoms with Crippen molar-refractivity contribution in [3.63, 3.8) is 0 Å². The largest absolute Gasteiger partial charge is 0.482 e. The van der Waals surface area contributed by atoms with Crippen LogP contribution in [0, 0.1) is 0 Å². The zero-order chi connectivity index (χ0) is 23.3. The fourth-order valence-corrected chi connectivity index (χ4v) is 3.66. The van der Waals surface area contributed by atoms with Gasteiger partial charge in [-0.3, -0.25) is 34.2 Å². The van der Waals surface area contributed by atoms with E-state index in [9.17, 15) is 24.0 Å². The number of imide groups is 2. The lowest BCUT2D eigenvalue weighted by Crippen LogP contribution is -2.54. The van der Waals surface area contributed by atoms with E-state index in [2.05, 4.69) is 15.5 Å². The van der Waals surface area contributed by atoms with Crippen LogP contribution in [0.3, 0.4) is 0 Å². The molecule has 2 heterocycles. The number of ether oxygens (including phenoxy) is 1. The van der Waals surface area contributed by atoms with Crippen LogP contribution in [0.25, 0.3) is 0 Å². The number of likely N-dealkylation sites (N-methyl/N-ethyl adjacent to an activating group) is 1. The quantitative estimate of drug-likeness (QED) is 0.210. The molecule has 0 saturated carbocycles. The molecule has 1 aromatic rings. The van der Waals surface area contributed by atoms with Gasteiger partial charge in [0.2, 0.25) is 11.8 Å². The Balaban J connectivity index is 1.62. The second-order valence-electron chi connectivity index (χ2n) is 7.74. The van der Waals surface area contributed by atoms with Crippen LogP contribution in [-0.2, 0) is 14.4 Å². The molecule has 3 rings (SSSR count). The minimum absolute atomic E-state index is 0.0498. The number of carbonyl (C=O) groups excluding carboxylic acids is 5. The van der Waals surface area contributed by atoms with Crippen molar-refractivity contribution in [2.45, 2.75) is 25.0 Å². The summed E-state index contributed by atoms with van der Waals surface area (Å²) in [4.78, 5) is 63.4. The summed E-state index contributed by atoms with van der Waals surface area (Å²) >= 11 is 0. The summed E-state index contributed by atoms with van der Waals surface area (Å²) in [5.41, 5.74) is 5.74. The van der Waals surface area contributed by atoms with Crippen LogP contribution >= 0.6 is 0 Å². The number of piperidine rings is 1. The zero-order valence-electron chi connectivity index (χ0n) is 17.8.